The SMILES string of the molecule is CCN(CC)C(=O)N1CCC(=C(C#N)c2ccc(OC(F)(F)F)cc2)CC1. The van der Waals surface area contributed by atoms with E-state index in [0.717, 1.165) is 5.57 Å². The van der Waals surface area contributed by atoms with Crippen molar-refractivity contribution in [2.24, 2.45) is 0 Å². The molecule has 1 saturated heterocycles. The van der Waals surface area contributed by atoms with Gasteiger partial charge in [0.05, 0.1) is 11.6 Å². The van der Waals surface area contributed by atoms with Crippen molar-refractivity contribution in [1.82, 2.24) is 9.80 Å². The highest BCUT2D eigenvalue weighted by Crippen LogP contribution is 2.29. The lowest BCUT2D eigenvalue weighted by Gasteiger charge is -2.33. The molecule has 0 bridgehead atoms. The van der Waals surface area contributed by atoms with E-state index in [-0.39, 0.29) is 11.8 Å². The van der Waals surface area contributed by atoms with Gasteiger partial charge in [0.15, 0.2) is 0 Å². The van der Waals surface area contributed by atoms with Crippen molar-refractivity contribution >= 4 is 11.6 Å². The van der Waals surface area contributed by atoms with Crippen LogP contribution in [0.1, 0.15) is 32.3 Å². The molecule has 0 aromatic heterocycles. The van der Waals surface area contributed by atoms with E-state index in [4.69, 9.17) is 0 Å². The number of alkyl halides is 3. The number of hydrogen-bond donors (Lipinski definition) is 0. The Balaban J connectivity index is 2.10. The number of ether oxygens (including phenoxy) is 1. The lowest BCUT2D eigenvalue weighted by molar-refractivity contribution is -0.274. The lowest BCUT2D eigenvalue weighted by atomic mass is 9.94. The zero-order chi connectivity index (χ0) is 20.0. The Morgan fingerprint density at radius 1 is 1.19 bits per heavy atom. The number of likely N-dealkylation sites (tertiary alicyclic amines) is 1. The molecule has 5 nitrogen and oxygen atoms in total. The minimum Gasteiger partial charge on any atom is -0.406 e. The van der Waals surface area contributed by atoms with Crippen LogP contribution in [-0.4, -0.2) is 48.4 Å². The van der Waals surface area contributed by atoms with Gasteiger partial charge in [-0.3, -0.25) is 0 Å². The molecular weight excluding hydrogens is 359 g/mol. The lowest BCUT2D eigenvalue weighted by Crippen LogP contribution is -2.45. The summed E-state index contributed by atoms with van der Waals surface area (Å²) in [5.41, 5.74) is 1.90. The summed E-state index contributed by atoms with van der Waals surface area (Å²) in [5, 5.41) is 9.52. The zero-order valence-corrected chi connectivity index (χ0v) is 15.3. The number of carbonyl (C=O) groups is 1. The van der Waals surface area contributed by atoms with Crippen LogP contribution in [0.3, 0.4) is 0 Å². The van der Waals surface area contributed by atoms with Crippen molar-refractivity contribution in [2.45, 2.75) is 33.1 Å². The van der Waals surface area contributed by atoms with Crippen molar-refractivity contribution in [1.29, 1.82) is 5.26 Å². The van der Waals surface area contributed by atoms with Gasteiger partial charge in [0.1, 0.15) is 5.75 Å². The molecule has 0 atom stereocenters. The van der Waals surface area contributed by atoms with Crippen LogP contribution in [0.5, 0.6) is 5.75 Å². The fraction of sp³-hybridized carbons (Fsp3) is 0.474. The summed E-state index contributed by atoms with van der Waals surface area (Å²) in [4.78, 5) is 15.9. The summed E-state index contributed by atoms with van der Waals surface area (Å²) in [6.45, 7) is 6.18. The number of allylic oxidation sites excluding steroid dienone is 1. The molecule has 1 fully saturated rings. The number of halogens is 3. The van der Waals surface area contributed by atoms with E-state index in [1.54, 1.807) is 9.80 Å². The summed E-state index contributed by atoms with van der Waals surface area (Å²) >= 11 is 0. The van der Waals surface area contributed by atoms with E-state index in [0.29, 0.717) is 50.2 Å². The van der Waals surface area contributed by atoms with Gasteiger partial charge in [-0.2, -0.15) is 5.26 Å². The van der Waals surface area contributed by atoms with Crippen LogP contribution >= 0.6 is 0 Å². The second-order valence-electron chi connectivity index (χ2n) is 6.10. The van der Waals surface area contributed by atoms with Crippen molar-refractivity contribution in [2.75, 3.05) is 26.2 Å². The number of amides is 2. The van der Waals surface area contributed by atoms with E-state index in [1.165, 1.54) is 24.3 Å². The average Bonchev–Trinajstić information content (AvgIpc) is 2.64. The van der Waals surface area contributed by atoms with Crippen LogP contribution < -0.4 is 4.74 Å². The first-order valence-corrected chi connectivity index (χ1v) is 8.81. The largest absolute Gasteiger partial charge is 0.573 e. The van der Waals surface area contributed by atoms with Gasteiger partial charge in [-0.1, -0.05) is 0 Å². The third-order valence-electron chi connectivity index (χ3n) is 4.51. The Hall–Kier alpha value is -2.69. The Morgan fingerprint density at radius 2 is 1.74 bits per heavy atom. The number of hydrogen-bond acceptors (Lipinski definition) is 3. The maximum absolute atomic E-state index is 12.4. The zero-order valence-electron chi connectivity index (χ0n) is 15.3. The molecule has 0 N–H and O–H groups in total. The summed E-state index contributed by atoms with van der Waals surface area (Å²) in [5.74, 6) is -0.326. The molecule has 0 radical (unpaired) electrons. The Labute approximate surface area is 156 Å². The molecule has 0 saturated carbocycles. The fourth-order valence-electron chi connectivity index (χ4n) is 3.08. The number of rotatable bonds is 4. The highest BCUT2D eigenvalue weighted by Gasteiger charge is 2.31. The molecule has 8 heteroatoms. The monoisotopic (exact) mass is 381 g/mol. The van der Waals surface area contributed by atoms with Gasteiger partial charge in [-0.15, -0.1) is 13.2 Å². The van der Waals surface area contributed by atoms with E-state index in [1.807, 2.05) is 13.8 Å². The molecule has 1 aliphatic rings. The topological polar surface area (TPSA) is 56.6 Å². The molecule has 1 aromatic carbocycles. The maximum atomic E-state index is 12.4. The smallest absolute Gasteiger partial charge is 0.406 e. The minimum atomic E-state index is -4.75. The molecular formula is C19H22F3N3O2. The van der Waals surface area contributed by atoms with Crippen LogP contribution in [0.4, 0.5) is 18.0 Å². The highest BCUT2D eigenvalue weighted by molar-refractivity contribution is 5.80. The number of urea groups is 1. The minimum absolute atomic E-state index is 0.00814. The van der Waals surface area contributed by atoms with Gasteiger partial charge >= 0.3 is 12.4 Å². The average molecular weight is 381 g/mol. The molecule has 0 spiro atoms. The second-order valence-corrected chi connectivity index (χ2v) is 6.10. The molecule has 1 aromatic rings. The molecule has 146 valence electrons. The van der Waals surface area contributed by atoms with Gasteiger partial charge < -0.3 is 14.5 Å². The van der Waals surface area contributed by atoms with Gasteiger partial charge in [-0.05, 0) is 62.1 Å². The quantitative estimate of drug-likeness (QED) is 0.726. The van der Waals surface area contributed by atoms with Crippen LogP contribution in [0.2, 0.25) is 0 Å². The summed E-state index contributed by atoms with van der Waals surface area (Å²) in [6, 6.07) is 7.42. The highest BCUT2D eigenvalue weighted by atomic mass is 19.4. The number of nitrogens with zero attached hydrogens (tertiary/aromatic N) is 3. The van der Waals surface area contributed by atoms with Gasteiger partial charge in [0, 0.05) is 26.2 Å². The molecule has 0 unspecified atom stereocenters. The van der Waals surface area contributed by atoms with Crippen LogP contribution in [0.15, 0.2) is 29.8 Å². The number of piperidine rings is 1. The maximum Gasteiger partial charge on any atom is 0.573 e. The van der Waals surface area contributed by atoms with E-state index in [2.05, 4.69) is 10.8 Å². The van der Waals surface area contributed by atoms with Crippen molar-refractivity contribution in [3.05, 3.63) is 35.4 Å². The van der Waals surface area contributed by atoms with Gasteiger partial charge in [-0.25, -0.2) is 4.79 Å². The number of carbonyl (C=O) groups excluding carboxylic acids is 1. The summed E-state index contributed by atoms with van der Waals surface area (Å²) in [7, 11) is 0. The van der Waals surface area contributed by atoms with Crippen LogP contribution in [0.25, 0.3) is 5.57 Å². The molecule has 1 aliphatic heterocycles. The number of benzene rings is 1. The van der Waals surface area contributed by atoms with E-state index in [9.17, 15) is 23.2 Å². The van der Waals surface area contributed by atoms with E-state index < -0.39 is 6.36 Å². The van der Waals surface area contributed by atoms with Gasteiger partial charge in [0.2, 0.25) is 0 Å². The third kappa shape index (κ3) is 5.39. The van der Waals surface area contributed by atoms with Crippen molar-refractivity contribution < 1.29 is 22.7 Å². The first kappa shape index (κ1) is 20.6. The number of nitriles is 1. The van der Waals surface area contributed by atoms with Gasteiger partial charge in [0.25, 0.3) is 0 Å². The molecule has 2 rings (SSSR count). The van der Waals surface area contributed by atoms with Crippen LogP contribution in [0, 0.1) is 11.3 Å². The molecule has 1 heterocycles. The molecule has 27 heavy (non-hydrogen) atoms. The normalized spacial score (nSPS) is 14.5. The predicted octanol–water partition coefficient (Wildman–Crippen LogP) is 4.42. The molecule has 0 aliphatic carbocycles. The molecule has 2 amide bonds. The van der Waals surface area contributed by atoms with Crippen molar-refractivity contribution in [3.63, 3.8) is 0 Å². The standard InChI is InChI=1S/C19H22F3N3O2/c1-3-24(4-2)18(26)25-11-9-15(10-12-25)17(13-23)14-5-7-16(8-6-14)27-19(20,21)22/h5-8H,3-4,9-12H2,1-2H3. The second kappa shape index (κ2) is 8.80. The first-order valence-electron chi connectivity index (χ1n) is 8.81. The third-order valence-corrected chi connectivity index (χ3v) is 4.51. The Morgan fingerprint density at radius 3 is 2.19 bits per heavy atom. The fourth-order valence-corrected chi connectivity index (χ4v) is 3.08. The Bertz CT molecular complexity index is 722. The Kier molecular flexibility index (Phi) is 6.72. The first-order chi connectivity index (χ1) is 12.8. The van der Waals surface area contributed by atoms with Crippen molar-refractivity contribution in [3.8, 4) is 11.8 Å². The summed E-state index contributed by atoms with van der Waals surface area (Å²) in [6.07, 6.45) is -3.62. The summed E-state index contributed by atoms with van der Waals surface area (Å²) < 4.78 is 40.6. The predicted molar refractivity (Wildman–Crippen MR) is 94.8 cm³/mol. The van der Waals surface area contributed by atoms with Crippen LogP contribution in [-0.2, 0) is 0 Å². The van der Waals surface area contributed by atoms with E-state index >= 15 is 0 Å².